The number of carbonyl (C=O) groups excluding carboxylic acids is 4. The number of allylic oxidation sites excluding steroid dienone is 2. The first-order chi connectivity index (χ1) is 24.0. The predicted molar refractivity (Wildman–Crippen MR) is 185 cm³/mol. The van der Waals surface area contributed by atoms with Crippen molar-refractivity contribution in [3.63, 3.8) is 0 Å². The van der Waals surface area contributed by atoms with E-state index in [1.54, 1.807) is 54.6 Å². The van der Waals surface area contributed by atoms with Crippen molar-refractivity contribution in [2.45, 2.75) is 24.2 Å². The average Bonchev–Trinajstić information content (AvgIpc) is 3.50. The standard InChI is InChI=1S/C39H28Cl2N2O7/c40-22-9-5-11-25(17-22)43-35(46)30-19-28-26(13-14-27-32(28)36(47)42(34(27)45)24-10-4-6-20(16-24)37(48)49)33(29-18-23(41)12-15-31(29)44)39(30,38(43)50)21-7-2-1-3-8-21/h1-13,15-18,27-28,30,32-33,44H,14,19H2,(H,48,49). The van der Waals surface area contributed by atoms with Crippen LogP contribution < -0.4 is 9.80 Å². The zero-order valence-corrected chi connectivity index (χ0v) is 27.7. The Morgan fingerprint density at radius 3 is 2.16 bits per heavy atom. The maximum atomic E-state index is 15.2. The van der Waals surface area contributed by atoms with Crippen molar-refractivity contribution in [3.8, 4) is 5.75 Å². The highest BCUT2D eigenvalue weighted by molar-refractivity contribution is 6.32. The van der Waals surface area contributed by atoms with Gasteiger partial charge >= 0.3 is 5.97 Å². The summed E-state index contributed by atoms with van der Waals surface area (Å²) < 4.78 is 0. The van der Waals surface area contributed by atoms with Crippen LogP contribution in [-0.2, 0) is 24.6 Å². The molecule has 9 nitrogen and oxygen atoms in total. The molecule has 2 N–H and O–H groups in total. The van der Waals surface area contributed by atoms with E-state index < -0.39 is 64.6 Å². The molecule has 2 saturated heterocycles. The number of phenolic OH excluding ortho intramolecular Hbond substituents is 1. The average molecular weight is 708 g/mol. The fourth-order valence-electron chi connectivity index (χ4n) is 8.88. The first kappa shape index (κ1) is 32.0. The molecule has 2 aliphatic carbocycles. The maximum absolute atomic E-state index is 15.2. The molecule has 6 unspecified atom stereocenters. The molecule has 50 heavy (non-hydrogen) atoms. The summed E-state index contributed by atoms with van der Waals surface area (Å²) in [5.41, 5.74) is 0.317. The third kappa shape index (κ3) is 4.50. The molecule has 11 heteroatoms. The Labute approximate surface area is 296 Å². The van der Waals surface area contributed by atoms with E-state index in [2.05, 4.69) is 0 Å². The van der Waals surface area contributed by atoms with Crippen LogP contribution in [0.5, 0.6) is 5.75 Å². The summed E-state index contributed by atoms with van der Waals surface area (Å²) in [6, 6.07) is 25.7. The zero-order chi connectivity index (χ0) is 35.1. The van der Waals surface area contributed by atoms with Gasteiger partial charge in [-0.05, 0) is 78.9 Å². The van der Waals surface area contributed by atoms with Crippen LogP contribution in [0.2, 0.25) is 10.0 Å². The molecule has 0 spiro atoms. The zero-order valence-electron chi connectivity index (χ0n) is 26.2. The number of imide groups is 2. The van der Waals surface area contributed by atoms with Gasteiger partial charge in [0.15, 0.2) is 0 Å². The van der Waals surface area contributed by atoms with Gasteiger partial charge in [-0.15, -0.1) is 0 Å². The predicted octanol–water partition coefficient (Wildman–Crippen LogP) is 6.76. The van der Waals surface area contributed by atoms with Gasteiger partial charge in [-0.2, -0.15) is 0 Å². The summed E-state index contributed by atoms with van der Waals surface area (Å²) >= 11 is 12.9. The largest absolute Gasteiger partial charge is 0.508 e. The molecule has 0 aromatic heterocycles. The monoisotopic (exact) mass is 706 g/mol. The normalized spacial score (nSPS) is 27.2. The molecule has 4 aromatic rings. The number of anilines is 2. The second-order valence-electron chi connectivity index (χ2n) is 13.2. The van der Waals surface area contributed by atoms with E-state index >= 15 is 4.79 Å². The molecule has 1 saturated carbocycles. The quantitative estimate of drug-likeness (QED) is 0.173. The van der Waals surface area contributed by atoms with E-state index in [0.717, 1.165) is 9.80 Å². The van der Waals surface area contributed by atoms with E-state index in [9.17, 15) is 29.4 Å². The van der Waals surface area contributed by atoms with Gasteiger partial charge in [0.1, 0.15) is 5.75 Å². The highest BCUT2D eigenvalue weighted by Crippen LogP contribution is 2.65. The molecule has 4 amide bonds. The van der Waals surface area contributed by atoms with Crippen LogP contribution in [0.3, 0.4) is 0 Å². The number of rotatable bonds is 5. The van der Waals surface area contributed by atoms with Gasteiger partial charge in [0.05, 0.1) is 40.1 Å². The number of carbonyl (C=O) groups is 5. The number of halogens is 2. The summed E-state index contributed by atoms with van der Waals surface area (Å²) in [7, 11) is 0. The van der Waals surface area contributed by atoms with Crippen LogP contribution in [0.25, 0.3) is 0 Å². The highest BCUT2D eigenvalue weighted by atomic mass is 35.5. The van der Waals surface area contributed by atoms with Gasteiger partial charge in [0.2, 0.25) is 23.6 Å². The molecule has 0 radical (unpaired) electrons. The fraction of sp³-hybridized carbons (Fsp3) is 0.205. The van der Waals surface area contributed by atoms with Gasteiger partial charge in [0.25, 0.3) is 0 Å². The van der Waals surface area contributed by atoms with Crippen molar-refractivity contribution in [2.75, 3.05) is 9.80 Å². The molecule has 4 aromatic carbocycles. The van der Waals surface area contributed by atoms with E-state index in [1.807, 2.05) is 12.1 Å². The molecule has 250 valence electrons. The van der Waals surface area contributed by atoms with Gasteiger partial charge in [-0.1, -0.05) is 77.3 Å². The lowest BCUT2D eigenvalue weighted by atomic mass is 9.49. The van der Waals surface area contributed by atoms with Crippen LogP contribution in [-0.4, -0.2) is 39.8 Å². The third-order valence-corrected chi connectivity index (χ3v) is 11.3. The lowest BCUT2D eigenvalue weighted by Crippen LogP contribution is -2.53. The minimum absolute atomic E-state index is 0.0589. The number of amides is 4. The van der Waals surface area contributed by atoms with E-state index in [4.69, 9.17) is 23.2 Å². The number of hydrogen-bond donors (Lipinski definition) is 2. The van der Waals surface area contributed by atoms with Crippen molar-refractivity contribution in [3.05, 3.63) is 135 Å². The topological polar surface area (TPSA) is 132 Å². The van der Waals surface area contributed by atoms with Gasteiger partial charge in [-0.3, -0.25) is 24.1 Å². The summed E-state index contributed by atoms with van der Waals surface area (Å²) in [4.78, 5) is 72.4. The SMILES string of the molecule is O=C(O)c1cccc(N2C(=O)C3CC=C4C(CC5C(=O)N(c6cccc(Cl)c6)C(=O)C5(c5ccccc5)C4c4cc(Cl)ccc4O)C3C2=O)c1. The van der Waals surface area contributed by atoms with Gasteiger partial charge in [-0.25, -0.2) is 9.69 Å². The summed E-state index contributed by atoms with van der Waals surface area (Å²) in [6.45, 7) is 0. The van der Waals surface area contributed by atoms with Crippen molar-refractivity contribution in [2.24, 2.45) is 23.7 Å². The van der Waals surface area contributed by atoms with E-state index in [-0.39, 0.29) is 35.5 Å². The molecule has 8 rings (SSSR count). The molecule has 3 fully saturated rings. The summed E-state index contributed by atoms with van der Waals surface area (Å²) in [5, 5.41) is 21.7. The van der Waals surface area contributed by atoms with Crippen LogP contribution in [0, 0.1) is 23.7 Å². The second-order valence-corrected chi connectivity index (χ2v) is 14.0. The number of aromatic carboxylic acids is 1. The molecule has 2 aliphatic heterocycles. The van der Waals surface area contributed by atoms with Gasteiger partial charge in [0, 0.05) is 21.5 Å². The lowest BCUT2D eigenvalue weighted by Gasteiger charge is -2.50. The highest BCUT2D eigenvalue weighted by Gasteiger charge is 2.70. The molecule has 4 aliphatic rings. The number of benzene rings is 4. The lowest BCUT2D eigenvalue weighted by molar-refractivity contribution is -0.127. The number of carboxylic acids is 1. The summed E-state index contributed by atoms with van der Waals surface area (Å²) in [5.74, 6) is -7.65. The van der Waals surface area contributed by atoms with Crippen molar-refractivity contribution in [1.82, 2.24) is 0 Å². The first-order valence-corrected chi connectivity index (χ1v) is 16.9. The van der Waals surface area contributed by atoms with E-state index in [0.29, 0.717) is 26.7 Å². The molecule has 0 bridgehead atoms. The molecular weight excluding hydrogens is 679 g/mol. The smallest absolute Gasteiger partial charge is 0.335 e. The van der Waals surface area contributed by atoms with Crippen LogP contribution in [0.4, 0.5) is 11.4 Å². The minimum Gasteiger partial charge on any atom is -0.508 e. The van der Waals surface area contributed by atoms with Gasteiger partial charge < -0.3 is 10.2 Å². The second kappa shape index (κ2) is 11.7. The van der Waals surface area contributed by atoms with Crippen LogP contribution in [0.15, 0.2) is 109 Å². The van der Waals surface area contributed by atoms with Crippen molar-refractivity contribution in [1.29, 1.82) is 0 Å². The van der Waals surface area contributed by atoms with Crippen LogP contribution in [0.1, 0.15) is 40.2 Å². The Bertz CT molecular complexity index is 2190. The third-order valence-electron chi connectivity index (χ3n) is 10.8. The molecular formula is C39H28Cl2N2O7. The van der Waals surface area contributed by atoms with Crippen LogP contribution >= 0.6 is 23.2 Å². The number of fused-ring (bicyclic) bond motifs is 4. The number of nitrogens with zero attached hydrogens (tertiary/aromatic N) is 2. The number of hydrogen-bond acceptors (Lipinski definition) is 6. The Morgan fingerprint density at radius 2 is 1.44 bits per heavy atom. The fourth-order valence-corrected chi connectivity index (χ4v) is 9.24. The Balaban J connectivity index is 1.35. The van der Waals surface area contributed by atoms with Crippen molar-refractivity contribution < 1.29 is 34.2 Å². The molecule has 6 atom stereocenters. The van der Waals surface area contributed by atoms with Crippen molar-refractivity contribution >= 4 is 64.2 Å². The Kier molecular flexibility index (Phi) is 7.47. The number of aromatic hydroxyl groups is 1. The van der Waals surface area contributed by atoms with E-state index in [1.165, 1.54) is 36.4 Å². The number of phenols is 1. The Morgan fingerprint density at radius 1 is 0.740 bits per heavy atom. The first-order valence-electron chi connectivity index (χ1n) is 16.1. The maximum Gasteiger partial charge on any atom is 0.335 e. The Hall–Kier alpha value is -5.25. The minimum atomic E-state index is -1.57. The molecule has 2 heterocycles. The summed E-state index contributed by atoms with van der Waals surface area (Å²) in [6.07, 6.45) is 2.09. The number of carboxylic acid groups (broad SMARTS) is 1.